The molecule has 4 heteroatoms. The topological polar surface area (TPSA) is 40.5 Å². The highest BCUT2D eigenvalue weighted by atomic mass is 19.1. The summed E-state index contributed by atoms with van der Waals surface area (Å²) >= 11 is 0. The van der Waals surface area contributed by atoms with E-state index < -0.39 is 12.0 Å². The minimum atomic E-state index is -0.842. The second kappa shape index (κ2) is 6.23. The van der Waals surface area contributed by atoms with Crippen LogP contribution in [0.25, 0.3) is 0 Å². The van der Waals surface area contributed by atoms with E-state index in [2.05, 4.69) is 0 Å². The van der Waals surface area contributed by atoms with Crippen LogP contribution in [0.1, 0.15) is 26.7 Å². The Hall–Kier alpha value is -1.58. The van der Waals surface area contributed by atoms with E-state index in [4.69, 9.17) is 0 Å². The summed E-state index contributed by atoms with van der Waals surface area (Å²) in [5.74, 6) is -1.15. The summed E-state index contributed by atoms with van der Waals surface area (Å²) < 4.78 is 12.8. The fourth-order valence-electron chi connectivity index (χ4n) is 1.87. The van der Waals surface area contributed by atoms with Gasteiger partial charge in [-0.15, -0.1) is 0 Å². The summed E-state index contributed by atoms with van der Waals surface area (Å²) in [6.45, 7) is 4.48. The van der Waals surface area contributed by atoms with Gasteiger partial charge in [-0.3, -0.25) is 0 Å². The molecule has 0 radical (unpaired) electrons. The van der Waals surface area contributed by atoms with Gasteiger partial charge in [0.15, 0.2) is 0 Å². The van der Waals surface area contributed by atoms with Crippen molar-refractivity contribution in [1.29, 1.82) is 0 Å². The molecule has 1 aromatic rings. The van der Waals surface area contributed by atoms with Crippen LogP contribution in [-0.4, -0.2) is 23.7 Å². The number of rotatable bonds is 6. The van der Waals surface area contributed by atoms with Gasteiger partial charge in [0.2, 0.25) is 0 Å². The summed E-state index contributed by atoms with van der Waals surface area (Å²) in [6.07, 6.45) is 1.37. The van der Waals surface area contributed by atoms with E-state index in [9.17, 15) is 14.3 Å². The number of benzene rings is 1. The molecular weight excluding hydrogens is 221 g/mol. The van der Waals surface area contributed by atoms with Crippen molar-refractivity contribution >= 4 is 11.7 Å². The van der Waals surface area contributed by atoms with Gasteiger partial charge in [0, 0.05) is 12.2 Å². The van der Waals surface area contributed by atoms with Crippen LogP contribution in [-0.2, 0) is 4.79 Å². The number of aliphatic carboxylic acids is 1. The summed E-state index contributed by atoms with van der Waals surface area (Å²) in [5.41, 5.74) is 0.752. The van der Waals surface area contributed by atoms with Crippen LogP contribution in [0.3, 0.4) is 0 Å². The Morgan fingerprint density at radius 2 is 1.94 bits per heavy atom. The molecule has 0 aliphatic heterocycles. The average molecular weight is 239 g/mol. The molecule has 1 rings (SSSR count). The van der Waals surface area contributed by atoms with E-state index in [1.165, 1.54) is 12.1 Å². The molecule has 0 bridgehead atoms. The Kier molecular flexibility index (Phi) is 4.94. The fraction of sp³-hybridized carbons (Fsp3) is 0.462. The molecule has 0 unspecified atom stereocenters. The Morgan fingerprint density at radius 1 is 1.35 bits per heavy atom. The van der Waals surface area contributed by atoms with Crippen LogP contribution >= 0.6 is 0 Å². The molecule has 3 nitrogen and oxygen atoms in total. The molecule has 0 fully saturated rings. The van der Waals surface area contributed by atoms with Crippen LogP contribution in [0.4, 0.5) is 10.1 Å². The molecule has 0 aromatic heterocycles. The highest BCUT2D eigenvalue weighted by Gasteiger charge is 2.23. The second-order valence-corrected chi connectivity index (χ2v) is 3.93. The number of carboxylic acid groups (broad SMARTS) is 1. The van der Waals surface area contributed by atoms with Crippen molar-refractivity contribution in [2.75, 3.05) is 11.4 Å². The molecule has 0 aliphatic rings. The first-order chi connectivity index (χ1) is 8.10. The quantitative estimate of drug-likeness (QED) is 0.829. The zero-order valence-electron chi connectivity index (χ0n) is 10.2. The van der Waals surface area contributed by atoms with Crippen molar-refractivity contribution < 1.29 is 14.3 Å². The van der Waals surface area contributed by atoms with Crippen molar-refractivity contribution in [2.45, 2.75) is 32.7 Å². The summed E-state index contributed by atoms with van der Waals surface area (Å²) in [6, 6.07) is 5.40. The lowest BCUT2D eigenvalue weighted by atomic mass is 10.1. The van der Waals surface area contributed by atoms with E-state index >= 15 is 0 Å². The normalized spacial score (nSPS) is 12.2. The number of hydrogen-bond acceptors (Lipinski definition) is 2. The third-order valence-corrected chi connectivity index (χ3v) is 2.67. The first-order valence-electron chi connectivity index (χ1n) is 5.85. The second-order valence-electron chi connectivity index (χ2n) is 3.93. The zero-order valence-corrected chi connectivity index (χ0v) is 10.2. The Balaban J connectivity index is 2.98. The molecule has 0 aliphatic carbocycles. The monoisotopic (exact) mass is 239 g/mol. The molecule has 1 N–H and O–H groups in total. The predicted molar refractivity (Wildman–Crippen MR) is 65.8 cm³/mol. The average Bonchev–Trinajstić information content (AvgIpc) is 2.29. The van der Waals surface area contributed by atoms with Gasteiger partial charge in [0.05, 0.1) is 0 Å². The van der Waals surface area contributed by atoms with Gasteiger partial charge in [-0.25, -0.2) is 9.18 Å². The SMILES string of the molecule is CCCN(c1ccc(F)cc1)[C@@H](CC)C(=O)O. The number of carboxylic acids is 1. The minimum absolute atomic E-state index is 0.312. The molecule has 0 saturated carbocycles. The largest absolute Gasteiger partial charge is 0.480 e. The first-order valence-corrected chi connectivity index (χ1v) is 5.85. The van der Waals surface area contributed by atoms with Gasteiger partial charge in [0.25, 0.3) is 0 Å². The molecular formula is C13H18FNO2. The van der Waals surface area contributed by atoms with E-state index in [1.807, 2.05) is 18.7 Å². The summed E-state index contributed by atoms with van der Waals surface area (Å²) in [4.78, 5) is 13.0. The van der Waals surface area contributed by atoms with Crippen LogP contribution in [0.5, 0.6) is 0 Å². The lowest BCUT2D eigenvalue weighted by Crippen LogP contribution is -2.41. The molecule has 1 atom stereocenters. The first kappa shape index (κ1) is 13.5. The Labute approximate surface area is 101 Å². The molecule has 0 spiro atoms. The standard InChI is InChI=1S/C13H18FNO2/c1-3-9-15(12(4-2)13(16)17)11-7-5-10(14)6-8-11/h5-8,12H,3-4,9H2,1-2H3,(H,16,17)/t12-/m0/s1. The van der Waals surface area contributed by atoms with Crippen LogP contribution in [0.2, 0.25) is 0 Å². The van der Waals surface area contributed by atoms with E-state index in [1.54, 1.807) is 12.1 Å². The van der Waals surface area contributed by atoms with Gasteiger partial charge in [-0.2, -0.15) is 0 Å². The molecule has 1 aromatic carbocycles. The maximum absolute atomic E-state index is 12.8. The van der Waals surface area contributed by atoms with Crippen LogP contribution < -0.4 is 4.90 Å². The van der Waals surface area contributed by atoms with E-state index in [-0.39, 0.29) is 5.82 Å². The molecule has 94 valence electrons. The maximum atomic E-state index is 12.8. The van der Waals surface area contributed by atoms with Gasteiger partial charge in [-0.05, 0) is 37.1 Å². The van der Waals surface area contributed by atoms with Crippen molar-refractivity contribution in [3.8, 4) is 0 Å². The lowest BCUT2D eigenvalue weighted by molar-refractivity contribution is -0.138. The van der Waals surface area contributed by atoms with Gasteiger partial charge in [0.1, 0.15) is 11.9 Å². The Bertz CT molecular complexity index is 364. The number of carbonyl (C=O) groups is 1. The number of nitrogens with zero attached hydrogens (tertiary/aromatic N) is 1. The van der Waals surface area contributed by atoms with Gasteiger partial charge >= 0.3 is 5.97 Å². The molecule has 17 heavy (non-hydrogen) atoms. The molecule has 0 saturated heterocycles. The summed E-state index contributed by atoms with van der Waals surface area (Å²) in [5, 5.41) is 9.17. The highest BCUT2D eigenvalue weighted by molar-refractivity contribution is 5.78. The van der Waals surface area contributed by atoms with Crippen molar-refractivity contribution in [2.24, 2.45) is 0 Å². The molecule has 0 heterocycles. The lowest BCUT2D eigenvalue weighted by Gasteiger charge is -2.30. The maximum Gasteiger partial charge on any atom is 0.326 e. The Morgan fingerprint density at radius 3 is 2.35 bits per heavy atom. The predicted octanol–water partition coefficient (Wildman–Crippen LogP) is 2.91. The van der Waals surface area contributed by atoms with Crippen molar-refractivity contribution in [3.05, 3.63) is 30.1 Å². The highest BCUT2D eigenvalue weighted by Crippen LogP contribution is 2.19. The third kappa shape index (κ3) is 3.44. The van der Waals surface area contributed by atoms with Gasteiger partial charge in [-0.1, -0.05) is 13.8 Å². The third-order valence-electron chi connectivity index (χ3n) is 2.67. The fourth-order valence-corrected chi connectivity index (χ4v) is 1.87. The number of hydrogen-bond donors (Lipinski definition) is 1. The van der Waals surface area contributed by atoms with E-state index in [0.717, 1.165) is 12.1 Å². The van der Waals surface area contributed by atoms with Crippen molar-refractivity contribution in [3.63, 3.8) is 0 Å². The number of halogens is 1. The summed E-state index contributed by atoms with van der Waals surface area (Å²) in [7, 11) is 0. The smallest absolute Gasteiger partial charge is 0.326 e. The van der Waals surface area contributed by atoms with Crippen molar-refractivity contribution in [1.82, 2.24) is 0 Å². The number of anilines is 1. The van der Waals surface area contributed by atoms with Gasteiger partial charge < -0.3 is 10.0 Å². The van der Waals surface area contributed by atoms with E-state index in [0.29, 0.717) is 13.0 Å². The zero-order chi connectivity index (χ0) is 12.8. The van der Waals surface area contributed by atoms with Crippen LogP contribution in [0, 0.1) is 5.82 Å². The van der Waals surface area contributed by atoms with Crippen LogP contribution in [0.15, 0.2) is 24.3 Å². The molecule has 0 amide bonds. The minimum Gasteiger partial charge on any atom is -0.480 e.